The van der Waals surface area contributed by atoms with Gasteiger partial charge >= 0.3 is 0 Å². The van der Waals surface area contributed by atoms with Gasteiger partial charge in [0.15, 0.2) is 0 Å². The number of hydrogen-bond donors (Lipinski definition) is 1. The van der Waals surface area contributed by atoms with Gasteiger partial charge in [0, 0.05) is 24.5 Å². The minimum atomic E-state index is 0. The Labute approximate surface area is 147 Å². The number of carbonyl (C=O) groups is 1. The lowest BCUT2D eigenvalue weighted by molar-refractivity contribution is 0.0748. The summed E-state index contributed by atoms with van der Waals surface area (Å²) in [5.74, 6) is 0.172. The smallest absolute Gasteiger partial charge is 0.263 e. The van der Waals surface area contributed by atoms with E-state index in [0.717, 1.165) is 37.2 Å². The lowest BCUT2D eigenvalue weighted by Crippen LogP contribution is -2.37. The molecule has 1 N–H and O–H groups in total. The van der Waals surface area contributed by atoms with Crippen molar-refractivity contribution in [3.63, 3.8) is 0 Å². The first-order valence-corrected chi connectivity index (χ1v) is 8.74. The van der Waals surface area contributed by atoms with E-state index in [1.807, 2.05) is 11.9 Å². The molecule has 0 bridgehead atoms. The van der Waals surface area contributed by atoms with Gasteiger partial charge in [0.25, 0.3) is 5.91 Å². The van der Waals surface area contributed by atoms with Crippen molar-refractivity contribution in [2.75, 3.05) is 20.1 Å². The van der Waals surface area contributed by atoms with Gasteiger partial charge in [-0.25, -0.2) is 0 Å². The fourth-order valence-corrected chi connectivity index (χ4v) is 4.74. The van der Waals surface area contributed by atoms with Crippen LogP contribution in [-0.4, -0.2) is 37.0 Å². The number of halogens is 1. The summed E-state index contributed by atoms with van der Waals surface area (Å²) in [6.07, 6.45) is 3.18. The molecule has 1 aromatic carbocycles. The second kappa shape index (κ2) is 6.63. The molecule has 1 amide bonds. The van der Waals surface area contributed by atoms with E-state index in [-0.39, 0.29) is 18.3 Å². The lowest BCUT2D eigenvalue weighted by atomic mass is 9.91. The topological polar surface area (TPSA) is 32.3 Å². The second-order valence-electron chi connectivity index (χ2n) is 6.18. The summed E-state index contributed by atoms with van der Waals surface area (Å²) in [4.78, 5) is 16.9. The number of nitrogens with one attached hydrogen (secondary N) is 1. The molecule has 1 aliphatic heterocycles. The van der Waals surface area contributed by atoms with E-state index in [0.29, 0.717) is 6.04 Å². The number of thiophene rings is 1. The highest BCUT2D eigenvalue weighted by atomic mass is 35.5. The van der Waals surface area contributed by atoms with Crippen LogP contribution in [0.4, 0.5) is 0 Å². The van der Waals surface area contributed by atoms with Gasteiger partial charge in [0.2, 0.25) is 0 Å². The van der Waals surface area contributed by atoms with Crippen LogP contribution in [0.2, 0.25) is 0 Å². The molecule has 23 heavy (non-hydrogen) atoms. The number of aryl methyl sites for hydroxylation is 2. The zero-order valence-electron chi connectivity index (χ0n) is 13.2. The quantitative estimate of drug-likeness (QED) is 0.902. The van der Waals surface area contributed by atoms with Crippen LogP contribution < -0.4 is 5.32 Å². The Balaban J connectivity index is 0.00000156. The van der Waals surface area contributed by atoms with E-state index >= 15 is 0 Å². The summed E-state index contributed by atoms with van der Waals surface area (Å²) in [5.41, 5.74) is 4.06. The molecule has 1 fully saturated rings. The summed E-state index contributed by atoms with van der Waals surface area (Å²) >= 11 is 1.66. The van der Waals surface area contributed by atoms with E-state index in [4.69, 9.17) is 0 Å². The van der Waals surface area contributed by atoms with Crippen molar-refractivity contribution in [2.24, 2.45) is 0 Å². The molecule has 3 nitrogen and oxygen atoms in total. The van der Waals surface area contributed by atoms with Gasteiger partial charge in [-0.15, -0.1) is 23.7 Å². The van der Waals surface area contributed by atoms with Gasteiger partial charge in [-0.05, 0) is 48.6 Å². The van der Waals surface area contributed by atoms with Crippen LogP contribution in [0, 0.1) is 0 Å². The third-order valence-corrected chi connectivity index (χ3v) is 6.05. The molecule has 0 saturated carbocycles. The van der Waals surface area contributed by atoms with Crippen molar-refractivity contribution >= 4 is 29.7 Å². The van der Waals surface area contributed by atoms with Gasteiger partial charge < -0.3 is 10.2 Å². The molecule has 0 spiro atoms. The Bertz CT molecular complexity index is 722. The fraction of sp³-hybridized carbons (Fsp3) is 0.389. The van der Waals surface area contributed by atoms with Crippen molar-refractivity contribution in [1.29, 1.82) is 0 Å². The van der Waals surface area contributed by atoms with Crippen molar-refractivity contribution in [3.8, 4) is 10.4 Å². The summed E-state index contributed by atoms with van der Waals surface area (Å²) in [6.45, 7) is 1.92. The minimum Gasteiger partial charge on any atom is -0.337 e. The maximum absolute atomic E-state index is 12.8. The van der Waals surface area contributed by atoms with Crippen molar-refractivity contribution in [3.05, 3.63) is 46.3 Å². The molecule has 4 rings (SSSR count). The van der Waals surface area contributed by atoms with E-state index < -0.39 is 0 Å². The predicted octanol–water partition coefficient (Wildman–Crippen LogP) is 3.37. The number of likely N-dealkylation sites (N-methyl/N-ethyl adjacent to an activating group) is 1. The van der Waals surface area contributed by atoms with Crippen LogP contribution in [0.1, 0.15) is 27.2 Å². The second-order valence-corrected chi connectivity index (χ2v) is 7.24. The Morgan fingerprint density at radius 2 is 2.04 bits per heavy atom. The monoisotopic (exact) mass is 348 g/mol. The maximum Gasteiger partial charge on any atom is 0.263 e. The van der Waals surface area contributed by atoms with Crippen LogP contribution in [0.5, 0.6) is 0 Å². The van der Waals surface area contributed by atoms with E-state index in [1.54, 1.807) is 11.3 Å². The van der Waals surface area contributed by atoms with Crippen LogP contribution >= 0.6 is 23.7 Å². The van der Waals surface area contributed by atoms with E-state index in [1.165, 1.54) is 21.6 Å². The predicted molar refractivity (Wildman–Crippen MR) is 97.8 cm³/mol. The Morgan fingerprint density at radius 3 is 2.83 bits per heavy atom. The first-order chi connectivity index (χ1) is 10.7. The largest absolute Gasteiger partial charge is 0.337 e. The molecule has 2 aliphatic rings. The molecular formula is C18H21ClN2OS. The highest BCUT2D eigenvalue weighted by Crippen LogP contribution is 2.39. The van der Waals surface area contributed by atoms with E-state index in [2.05, 4.69) is 35.6 Å². The van der Waals surface area contributed by atoms with Crippen LogP contribution in [0.25, 0.3) is 10.4 Å². The zero-order valence-corrected chi connectivity index (χ0v) is 14.8. The zero-order chi connectivity index (χ0) is 15.1. The molecule has 122 valence electrons. The molecule has 2 heterocycles. The molecule has 2 aromatic rings. The van der Waals surface area contributed by atoms with Gasteiger partial charge in [0.1, 0.15) is 0 Å². The van der Waals surface area contributed by atoms with Gasteiger partial charge in [0.05, 0.1) is 4.88 Å². The summed E-state index contributed by atoms with van der Waals surface area (Å²) in [7, 11) is 1.94. The van der Waals surface area contributed by atoms with Crippen molar-refractivity contribution < 1.29 is 4.79 Å². The first-order valence-electron chi connectivity index (χ1n) is 7.93. The molecule has 0 radical (unpaired) electrons. The molecule has 1 saturated heterocycles. The normalized spacial score (nSPS) is 18.7. The SMILES string of the molecule is CN(C(=O)c1cc2c(s1)-c1ccccc1CC2)C1CCNC1.Cl. The number of amides is 1. The molecule has 1 unspecified atom stereocenters. The summed E-state index contributed by atoms with van der Waals surface area (Å²) in [6, 6.07) is 11.0. The van der Waals surface area contributed by atoms with Crippen molar-refractivity contribution in [1.82, 2.24) is 10.2 Å². The number of rotatable bonds is 2. The lowest BCUT2D eigenvalue weighted by Gasteiger charge is -2.23. The highest BCUT2D eigenvalue weighted by molar-refractivity contribution is 7.17. The van der Waals surface area contributed by atoms with Crippen molar-refractivity contribution in [2.45, 2.75) is 25.3 Å². The molecular weight excluding hydrogens is 328 g/mol. The Morgan fingerprint density at radius 1 is 1.26 bits per heavy atom. The summed E-state index contributed by atoms with van der Waals surface area (Å²) < 4.78 is 0. The third-order valence-electron chi connectivity index (χ3n) is 4.85. The average molecular weight is 349 g/mol. The van der Waals surface area contributed by atoms with Gasteiger partial charge in [-0.1, -0.05) is 24.3 Å². The highest BCUT2D eigenvalue weighted by Gasteiger charge is 2.27. The number of carbonyl (C=O) groups excluding carboxylic acids is 1. The number of hydrogen-bond acceptors (Lipinski definition) is 3. The Hall–Kier alpha value is -1.36. The first kappa shape index (κ1) is 16.5. The standard InChI is InChI=1S/C18H20N2OS.ClH/c1-20(14-8-9-19-11-14)18(21)16-10-13-7-6-12-4-2-3-5-15(12)17(13)22-16;/h2-5,10,14,19H,6-9,11H2,1H3;1H. The third kappa shape index (κ3) is 2.91. The Kier molecular flexibility index (Phi) is 4.76. The van der Waals surface area contributed by atoms with Crippen LogP contribution in [-0.2, 0) is 12.8 Å². The fourth-order valence-electron chi connectivity index (χ4n) is 3.49. The van der Waals surface area contributed by atoms with Crippen LogP contribution in [0.15, 0.2) is 30.3 Å². The van der Waals surface area contributed by atoms with Gasteiger partial charge in [-0.2, -0.15) is 0 Å². The molecule has 1 aromatic heterocycles. The number of nitrogens with zero attached hydrogens (tertiary/aromatic N) is 1. The minimum absolute atomic E-state index is 0. The number of fused-ring (bicyclic) bond motifs is 3. The van der Waals surface area contributed by atoms with E-state index in [9.17, 15) is 4.79 Å². The molecule has 1 atom stereocenters. The average Bonchev–Trinajstić information content (AvgIpc) is 3.22. The molecule has 5 heteroatoms. The number of benzene rings is 1. The maximum atomic E-state index is 12.8. The summed E-state index contributed by atoms with van der Waals surface area (Å²) in [5, 5.41) is 3.33. The van der Waals surface area contributed by atoms with Crippen LogP contribution in [0.3, 0.4) is 0 Å². The molecule has 1 aliphatic carbocycles. The van der Waals surface area contributed by atoms with Gasteiger partial charge in [-0.3, -0.25) is 4.79 Å².